The van der Waals surface area contributed by atoms with E-state index in [4.69, 9.17) is 5.73 Å². The lowest BCUT2D eigenvalue weighted by molar-refractivity contribution is -0.132. The van der Waals surface area contributed by atoms with Crippen molar-refractivity contribution in [1.82, 2.24) is 4.90 Å². The number of nitrogens with zero attached hydrogens (tertiary/aromatic N) is 1. The third-order valence-electron chi connectivity index (χ3n) is 4.16. The Morgan fingerprint density at radius 2 is 2.05 bits per heavy atom. The van der Waals surface area contributed by atoms with Crippen molar-refractivity contribution in [2.45, 2.75) is 38.6 Å². The Labute approximate surface area is 115 Å². The predicted octanol–water partition coefficient (Wildman–Crippen LogP) is 2.73. The van der Waals surface area contributed by atoms with Crippen molar-refractivity contribution in [3.8, 4) is 0 Å². The fourth-order valence-corrected chi connectivity index (χ4v) is 2.79. The molecule has 1 amide bonds. The standard InChI is InChI=1S/C16H24N2O/c1-2-13-7-6-11-18(12-10-13)16(19)15(17)14-8-4-3-5-9-14/h3-5,8-9,13,15H,2,6-7,10-12,17H2,1H3/t13?,15-/m0/s1. The van der Waals surface area contributed by atoms with E-state index in [1.165, 1.54) is 12.8 Å². The molecule has 3 nitrogen and oxygen atoms in total. The number of carbonyl (C=O) groups is 1. The first kappa shape index (κ1) is 14.1. The van der Waals surface area contributed by atoms with E-state index in [2.05, 4.69) is 6.92 Å². The van der Waals surface area contributed by atoms with Crippen molar-refractivity contribution in [2.75, 3.05) is 13.1 Å². The molecule has 3 heteroatoms. The van der Waals surface area contributed by atoms with Gasteiger partial charge in [0.15, 0.2) is 0 Å². The molecule has 1 saturated heterocycles. The molecule has 2 N–H and O–H groups in total. The lowest BCUT2D eigenvalue weighted by Crippen LogP contribution is -2.39. The summed E-state index contributed by atoms with van der Waals surface area (Å²) in [4.78, 5) is 14.4. The number of likely N-dealkylation sites (tertiary alicyclic amines) is 1. The van der Waals surface area contributed by atoms with E-state index in [0.29, 0.717) is 0 Å². The maximum Gasteiger partial charge on any atom is 0.244 e. The number of hydrogen-bond acceptors (Lipinski definition) is 2. The zero-order valence-corrected chi connectivity index (χ0v) is 11.7. The highest BCUT2D eigenvalue weighted by atomic mass is 16.2. The molecule has 2 atom stereocenters. The van der Waals surface area contributed by atoms with Crippen molar-refractivity contribution in [2.24, 2.45) is 11.7 Å². The Bertz CT molecular complexity index is 404. The second-order valence-electron chi connectivity index (χ2n) is 5.42. The van der Waals surface area contributed by atoms with Crippen LogP contribution in [0.5, 0.6) is 0 Å². The smallest absolute Gasteiger partial charge is 0.244 e. The van der Waals surface area contributed by atoms with Gasteiger partial charge in [-0.1, -0.05) is 43.7 Å². The highest BCUT2D eigenvalue weighted by Crippen LogP contribution is 2.22. The summed E-state index contributed by atoms with van der Waals surface area (Å²) in [6.45, 7) is 3.95. The minimum absolute atomic E-state index is 0.0722. The summed E-state index contributed by atoms with van der Waals surface area (Å²) in [7, 11) is 0. The van der Waals surface area contributed by atoms with Crippen LogP contribution in [0.2, 0.25) is 0 Å². The van der Waals surface area contributed by atoms with Gasteiger partial charge in [0.1, 0.15) is 6.04 Å². The zero-order valence-electron chi connectivity index (χ0n) is 11.7. The van der Waals surface area contributed by atoms with Gasteiger partial charge < -0.3 is 10.6 Å². The average Bonchev–Trinajstić information content (AvgIpc) is 2.72. The van der Waals surface area contributed by atoms with Gasteiger partial charge in [0.05, 0.1) is 0 Å². The van der Waals surface area contributed by atoms with E-state index >= 15 is 0 Å². The number of hydrogen-bond donors (Lipinski definition) is 1. The van der Waals surface area contributed by atoms with Crippen LogP contribution in [0.4, 0.5) is 0 Å². The molecule has 0 saturated carbocycles. The monoisotopic (exact) mass is 260 g/mol. The van der Waals surface area contributed by atoms with Crippen molar-refractivity contribution >= 4 is 5.91 Å². The molecular formula is C16H24N2O. The predicted molar refractivity (Wildman–Crippen MR) is 77.6 cm³/mol. The Kier molecular flexibility index (Phi) is 4.97. The molecule has 1 aliphatic rings. The Morgan fingerprint density at radius 3 is 2.74 bits per heavy atom. The number of amides is 1. The second-order valence-corrected chi connectivity index (χ2v) is 5.42. The van der Waals surface area contributed by atoms with Crippen LogP contribution in [0.3, 0.4) is 0 Å². The molecular weight excluding hydrogens is 236 g/mol. The van der Waals surface area contributed by atoms with E-state index in [9.17, 15) is 4.79 Å². The first-order valence-corrected chi connectivity index (χ1v) is 7.31. The first-order valence-electron chi connectivity index (χ1n) is 7.31. The molecule has 0 radical (unpaired) electrons. The van der Waals surface area contributed by atoms with Gasteiger partial charge in [0, 0.05) is 13.1 Å². The molecule has 1 aromatic carbocycles. The van der Waals surface area contributed by atoms with Gasteiger partial charge in [-0.2, -0.15) is 0 Å². The van der Waals surface area contributed by atoms with Crippen LogP contribution in [0, 0.1) is 5.92 Å². The van der Waals surface area contributed by atoms with Gasteiger partial charge in [-0.15, -0.1) is 0 Å². The van der Waals surface area contributed by atoms with Gasteiger partial charge in [0.25, 0.3) is 0 Å². The molecule has 0 aromatic heterocycles. The number of benzene rings is 1. The van der Waals surface area contributed by atoms with Gasteiger partial charge in [0.2, 0.25) is 5.91 Å². The molecule has 1 aliphatic heterocycles. The first-order chi connectivity index (χ1) is 9.22. The van der Waals surface area contributed by atoms with E-state index in [0.717, 1.165) is 37.4 Å². The summed E-state index contributed by atoms with van der Waals surface area (Å²) in [6, 6.07) is 9.14. The summed E-state index contributed by atoms with van der Waals surface area (Å²) in [5.41, 5.74) is 7.00. The average molecular weight is 260 g/mol. The van der Waals surface area contributed by atoms with Crippen LogP contribution in [-0.2, 0) is 4.79 Å². The highest BCUT2D eigenvalue weighted by Gasteiger charge is 2.24. The Balaban J connectivity index is 1.99. The maximum atomic E-state index is 12.4. The van der Waals surface area contributed by atoms with E-state index < -0.39 is 6.04 Å². The second kappa shape index (κ2) is 6.71. The molecule has 1 heterocycles. The minimum Gasteiger partial charge on any atom is -0.341 e. The Hall–Kier alpha value is -1.35. The summed E-state index contributed by atoms with van der Waals surface area (Å²) in [5, 5.41) is 0. The molecule has 19 heavy (non-hydrogen) atoms. The molecule has 1 fully saturated rings. The summed E-state index contributed by atoms with van der Waals surface area (Å²) in [6.07, 6.45) is 4.67. The van der Waals surface area contributed by atoms with Crippen LogP contribution >= 0.6 is 0 Å². The van der Waals surface area contributed by atoms with Crippen LogP contribution in [-0.4, -0.2) is 23.9 Å². The fraction of sp³-hybridized carbons (Fsp3) is 0.562. The summed E-state index contributed by atoms with van der Waals surface area (Å²) in [5.74, 6) is 0.841. The van der Waals surface area contributed by atoms with Gasteiger partial charge in [-0.25, -0.2) is 0 Å². The number of nitrogens with two attached hydrogens (primary N) is 1. The number of carbonyl (C=O) groups excluding carboxylic acids is 1. The van der Waals surface area contributed by atoms with E-state index in [-0.39, 0.29) is 5.91 Å². The van der Waals surface area contributed by atoms with Gasteiger partial charge in [-0.05, 0) is 30.7 Å². The normalized spacial score (nSPS) is 21.8. The van der Waals surface area contributed by atoms with Crippen LogP contribution < -0.4 is 5.73 Å². The molecule has 0 aliphatic carbocycles. The van der Waals surface area contributed by atoms with Crippen molar-refractivity contribution < 1.29 is 4.79 Å². The Morgan fingerprint density at radius 1 is 1.32 bits per heavy atom. The number of rotatable bonds is 3. The zero-order chi connectivity index (χ0) is 13.7. The van der Waals surface area contributed by atoms with Crippen molar-refractivity contribution in [1.29, 1.82) is 0 Å². The van der Waals surface area contributed by atoms with Crippen LogP contribution in [0.25, 0.3) is 0 Å². The fourth-order valence-electron chi connectivity index (χ4n) is 2.79. The van der Waals surface area contributed by atoms with E-state index in [1.807, 2.05) is 35.2 Å². The molecule has 0 spiro atoms. The largest absolute Gasteiger partial charge is 0.341 e. The van der Waals surface area contributed by atoms with Crippen molar-refractivity contribution in [3.05, 3.63) is 35.9 Å². The van der Waals surface area contributed by atoms with E-state index in [1.54, 1.807) is 0 Å². The van der Waals surface area contributed by atoms with Crippen LogP contribution in [0.15, 0.2) is 30.3 Å². The minimum atomic E-state index is -0.514. The van der Waals surface area contributed by atoms with Crippen LogP contribution in [0.1, 0.15) is 44.2 Å². The molecule has 0 bridgehead atoms. The van der Waals surface area contributed by atoms with Crippen molar-refractivity contribution in [3.63, 3.8) is 0 Å². The quantitative estimate of drug-likeness (QED) is 0.908. The van der Waals surface area contributed by atoms with Gasteiger partial charge >= 0.3 is 0 Å². The topological polar surface area (TPSA) is 46.3 Å². The molecule has 1 aromatic rings. The molecule has 2 rings (SSSR count). The van der Waals surface area contributed by atoms with Gasteiger partial charge in [-0.3, -0.25) is 4.79 Å². The lowest BCUT2D eigenvalue weighted by atomic mass is 9.98. The molecule has 104 valence electrons. The maximum absolute atomic E-state index is 12.4. The molecule has 1 unspecified atom stereocenters. The highest BCUT2D eigenvalue weighted by molar-refractivity contribution is 5.83. The summed E-state index contributed by atoms with van der Waals surface area (Å²) >= 11 is 0. The third-order valence-corrected chi connectivity index (χ3v) is 4.16. The third kappa shape index (κ3) is 3.57. The SMILES string of the molecule is CCC1CCCN(C(=O)[C@@H](N)c2ccccc2)CC1. The lowest BCUT2D eigenvalue weighted by Gasteiger charge is -2.24. The summed E-state index contributed by atoms with van der Waals surface area (Å²) < 4.78 is 0.